The van der Waals surface area contributed by atoms with Crippen molar-refractivity contribution in [3.8, 4) is 11.5 Å². The highest BCUT2D eigenvalue weighted by molar-refractivity contribution is 7.89. The topological polar surface area (TPSA) is 59.1 Å². The molecule has 0 unspecified atom stereocenters. The zero-order valence-corrected chi connectivity index (χ0v) is 15.5. The van der Waals surface area contributed by atoms with Gasteiger partial charge in [-0.1, -0.05) is 12.1 Å². The molecule has 0 aliphatic carbocycles. The van der Waals surface area contributed by atoms with Crippen molar-refractivity contribution in [2.24, 2.45) is 5.92 Å². The number of ether oxygens (including phenoxy) is 2. The summed E-state index contributed by atoms with van der Waals surface area (Å²) in [4.78, 5) is 2.50. The second-order valence-electron chi connectivity index (χ2n) is 7.71. The van der Waals surface area contributed by atoms with Gasteiger partial charge in [0.05, 0.1) is 5.75 Å². The monoisotopic (exact) mass is 376 g/mol. The van der Waals surface area contributed by atoms with Crippen molar-refractivity contribution < 1.29 is 17.9 Å². The smallest absolute Gasteiger partial charge is 0.231 e. The minimum atomic E-state index is -3.32. The molecule has 3 atom stereocenters. The quantitative estimate of drug-likeness (QED) is 0.750. The zero-order valence-electron chi connectivity index (χ0n) is 14.7. The highest BCUT2D eigenvalue weighted by Crippen LogP contribution is 2.48. The summed E-state index contributed by atoms with van der Waals surface area (Å²) < 4.78 is 38.6. The number of sulfonamides is 1. The van der Waals surface area contributed by atoms with Crippen LogP contribution in [0.5, 0.6) is 11.5 Å². The Labute approximate surface area is 154 Å². The molecular formula is C19H24N2O4S. The van der Waals surface area contributed by atoms with Crippen LogP contribution in [0, 0.1) is 5.92 Å². The van der Waals surface area contributed by atoms with E-state index in [-0.39, 0.29) is 30.5 Å². The molecule has 1 aromatic rings. The number of hydrogen-bond donors (Lipinski definition) is 0. The predicted octanol–water partition coefficient (Wildman–Crippen LogP) is 1.79. The minimum Gasteiger partial charge on any atom is -0.454 e. The van der Waals surface area contributed by atoms with E-state index in [1.807, 2.05) is 12.1 Å². The second-order valence-corrected chi connectivity index (χ2v) is 9.68. The maximum absolute atomic E-state index is 12.9. The molecule has 4 saturated heterocycles. The van der Waals surface area contributed by atoms with Crippen LogP contribution in [-0.4, -0.2) is 61.9 Å². The summed E-state index contributed by atoms with van der Waals surface area (Å²) in [5, 5.41) is 0. The van der Waals surface area contributed by atoms with Crippen molar-refractivity contribution in [1.82, 2.24) is 9.21 Å². The van der Waals surface area contributed by atoms with Crippen LogP contribution in [0.4, 0.5) is 0 Å². The fraction of sp³-hybridized carbons (Fsp3) is 0.579. The van der Waals surface area contributed by atoms with E-state index >= 15 is 0 Å². The highest BCUT2D eigenvalue weighted by atomic mass is 32.2. The molecule has 0 aromatic heterocycles. The SMILES string of the molecule is C=CCS(=O)(=O)N1C[C@@H](c2ccc3c(c2)OCO3)[C@@H]2[C@H]1C1CCN2CC1. The third-order valence-electron chi connectivity index (χ3n) is 6.46. The first-order valence-corrected chi connectivity index (χ1v) is 10.9. The Hall–Kier alpha value is -1.57. The maximum atomic E-state index is 12.9. The Morgan fingerprint density at radius 1 is 1.15 bits per heavy atom. The molecule has 6 rings (SSSR count). The lowest BCUT2D eigenvalue weighted by Crippen LogP contribution is -2.60. The number of nitrogens with zero attached hydrogens (tertiary/aromatic N) is 2. The van der Waals surface area contributed by atoms with Gasteiger partial charge in [-0.2, -0.15) is 4.31 Å². The zero-order chi connectivity index (χ0) is 17.9. The van der Waals surface area contributed by atoms with E-state index in [1.54, 1.807) is 4.31 Å². The van der Waals surface area contributed by atoms with Crippen molar-refractivity contribution in [2.75, 3.05) is 32.2 Å². The number of fused-ring (bicyclic) bond motifs is 3. The fourth-order valence-corrected chi connectivity index (χ4v) is 6.91. The Kier molecular flexibility index (Phi) is 3.81. The van der Waals surface area contributed by atoms with Gasteiger partial charge >= 0.3 is 0 Å². The van der Waals surface area contributed by atoms with Crippen LogP contribution < -0.4 is 9.47 Å². The lowest BCUT2D eigenvalue weighted by molar-refractivity contribution is 0.0123. The van der Waals surface area contributed by atoms with E-state index in [0.29, 0.717) is 12.5 Å². The van der Waals surface area contributed by atoms with Crippen molar-refractivity contribution in [3.05, 3.63) is 36.4 Å². The molecule has 7 heteroatoms. The van der Waals surface area contributed by atoms with Gasteiger partial charge in [0, 0.05) is 24.5 Å². The van der Waals surface area contributed by atoms with Crippen LogP contribution in [0.25, 0.3) is 0 Å². The molecule has 4 fully saturated rings. The van der Waals surface area contributed by atoms with E-state index in [0.717, 1.165) is 43.0 Å². The molecule has 0 amide bonds. The standard InChI is InChI=1S/C19H24N2O4S/c1-2-9-26(22,23)21-11-15(14-3-4-16-17(10-14)25-12-24-16)19-18(21)13-5-7-20(19)8-6-13/h2-4,10,13,15,18-19H,1,5-9,11-12H2/t15-,18+,19+/m0/s1. The molecule has 5 aliphatic heterocycles. The summed E-state index contributed by atoms with van der Waals surface area (Å²) >= 11 is 0. The number of benzene rings is 1. The second kappa shape index (κ2) is 5.97. The van der Waals surface area contributed by atoms with Crippen molar-refractivity contribution in [3.63, 3.8) is 0 Å². The van der Waals surface area contributed by atoms with Gasteiger partial charge in [0.15, 0.2) is 11.5 Å². The molecule has 0 radical (unpaired) electrons. The van der Waals surface area contributed by atoms with Crippen molar-refractivity contribution in [2.45, 2.75) is 30.8 Å². The van der Waals surface area contributed by atoms with Gasteiger partial charge < -0.3 is 9.47 Å². The average molecular weight is 376 g/mol. The molecule has 140 valence electrons. The lowest BCUT2D eigenvalue weighted by atomic mass is 9.75. The largest absolute Gasteiger partial charge is 0.454 e. The third kappa shape index (κ3) is 2.41. The molecule has 1 aromatic carbocycles. The first kappa shape index (κ1) is 16.6. The van der Waals surface area contributed by atoms with Crippen LogP contribution >= 0.6 is 0 Å². The molecule has 6 nitrogen and oxygen atoms in total. The van der Waals surface area contributed by atoms with Crippen LogP contribution in [0.2, 0.25) is 0 Å². The van der Waals surface area contributed by atoms with Crippen LogP contribution in [0.1, 0.15) is 24.3 Å². The van der Waals surface area contributed by atoms with Gasteiger partial charge in [-0.15, -0.1) is 6.58 Å². The van der Waals surface area contributed by atoms with Gasteiger partial charge in [-0.05, 0) is 49.5 Å². The normalized spacial score (nSPS) is 35.5. The summed E-state index contributed by atoms with van der Waals surface area (Å²) in [6, 6.07) is 6.39. The van der Waals surface area contributed by atoms with E-state index < -0.39 is 10.0 Å². The Balaban J connectivity index is 1.55. The summed E-state index contributed by atoms with van der Waals surface area (Å²) in [6.45, 7) is 6.58. The summed E-state index contributed by atoms with van der Waals surface area (Å²) in [5.74, 6) is 2.17. The first-order chi connectivity index (χ1) is 12.6. The van der Waals surface area contributed by atoms with Gasteiger partial charge in [0.2, 0.25) is 16.8 Å². The van der Waals surface area contributed by atoms with Gasteiger partial charge in [-0.3, -0.25) is 4.90 Å². The fourth-order valence-electron chi connectivity index (χ4n) is 5.37. The van der Waals surface area contributed by atoms with E-state index in [9.17, 15) is 8.42 Å². The minimum absolute atomic E-state index is 0.0107. The van der Waals surface area contributed by atoms with Gasteiger partial charge in [-0.25, -0.2) is 8.42 Å². The molecule has 0 spiro atoms. The predicted molar refractivity (Wildman–Crippen MR) is 97.9 cm³/mol. The van der Waals surface area contributed by atoms with Crippen molar-refractivity contribution in [1.29, 1.82) is 0 Å². The van der Waals surface area contributed by atoms with Crippen LogP contribution in [-0.2, 0) is 10.0 Å². The Bertz CT molecular complexity index is 832. The maximum Gasteiger partial charge on any atom is 0.231 e. The van der Waals surface area contributed by atoms with Gasteiger partial charge in [0.25, 0.3) is 0 Å². The molecular weight excluding hydrogens is 352 g/mol. The Morgan fingerprint density at radius 2 is 1.92 bits per heavy atom. The highest BCUT2D eigenvalue weighted by Gasteiger charge is 2.56. The molecule has 5 aliphatic rings. The van der Waals surface area contributed by atoms with E-state index in [4.69, 9.17) is 9.47 Å². The van der Waals surface area contributed by atoms with Crippen molar-refractivity contribution >= 4 is 10.0 Å². The van der Waals surface area contributed by atoms with Gasteiger partial charge in [0.1, 0.15) is 0 Å². The summed E-state index contributed by atoms with van der Waals surface area (Å²) in [6.07, 6.45) is 3.68. The molecule has 0 N–H and O–H groups in total. The van der Waals surface area contributed by atoms with Crippen LogP contribution in [0.3, 0.4) is 0 Å². The first-order valence-electron chi connectivity index (χ1n) is 9.32. The summed E-state index contributed by atoms with van der Waals surface area (Å²) in [7, 11) is -3.32. The summed E-state index contributed by atoms with van der Waals surface area (Å²) in [5.41, 5.74) is 1.15. The molecule has 0 saturated carbocycles. The Morgan fingerprint density at radius 3 is 2.69 bits per heavy atom. The molecule has 5 heterocycles. The van der Waals surface area contributed by atoms with Crippen LogP contribution in [0.15, 0.2) is 30.9 Å². The van der Waals surface area contributed by atoms with E-state index in [2.05, 4.69) is 17.5 Å². The average Bonchev–Trinajstić information content (AvgIpc) is 3.28. The number of hydrogen-bond acceptors (Lipinski definition) is 5. The lowest BCUT2D eigenvalue weighted by Gasteiger charge is -2.51. The third-order valence-corrected chi connectivity index (χ3v) is 8.22. The molecule has 26 heavy (non-hydrogen) atoms. The van der Waals surface area contributed by atoms with E-state index in [1.165, 1.54) is 6.08 Å². The number of piperidine rings is 3. The number of rotatable bonds is 4. The molecule has 2 bridgehead atoms.